The Morgan fingerprint density at radius 1 is 1.26 bits per heavy atom. The van der Waals surface area contributed by atoms with E-state index in [1.807, 2.05) is 30.3 Å². The van der Waals surface area contributed by atoms with Gasteiger partial charge < -0.3 is 14.2 Å². The van der Waals surface area contributed by atoms with E-state index in [9.17, 15) is 4.79 Å². The molecule has 1 saturated carbocycles. The zero-order valence-electron chi connectivity index (χ0n) is 13.8. The van der Waals surface area contributed by atoms with Crippen LogP contribution in [-0.4, -0.2) is 30.4 Å². The van der Waals surface area contributed by atoms with Crippen LogP contribution in [0.1, 0.15) is 51.0 Å². The van der Waals surface area contributed by atoms with Gasteiger partial charge in [-0.3, -0.25) is 4.79 Å². The van der Waals surface area contributed by atoms with Crippen LogP contribution >= 0.6 is 0 Å². The van der Waals surface area contributed by atoms with E-state index in [0.717, 1.165) is 31.2 Å². The number of hydrogen-bond acceptors (Lipinski definition) is 4. The highest BCUT2D eigenvalue weighted by Gasteiger charge is 2.45. The van der Waals surface area contributed by atoms with Crippen molar-refractivity contribution in [3.63, 3.8) is 0 Å². The fourth-order valence-corrected chi connectivity index (χ4v) is 3.47. The highest BCUT2D eigenvalue weighted by atomic mass is 16.8. The van der Waals surface area contributed by atoms with Crippen LogP contribution in [-0.2, 0) is 25.6 Å². The van der Waals surface area contributed by atoms with Crippen molar-refractivity contribution in [2.24, 2.45) is 0 Å². The van der Waals surface area contributed by atoms with Gasteiger partial charge in [0.2, 0.25) is 0 Å². The average molecular weight is 318 g/mol. The number of Topliss-reactive ketones (excluding diaryl/α,β-unsaturated/α-hetero) is 1. The van der Waals surface area contributed by atoms with E-state index >= 15 is 0 Å². The molecule has 4 nitrogen and oxygen atoms in total. The summed E-state index contributed by atoms with van der Waals surface area (Å²) in [6.45, 7) is 2.61. The minimum absolute atomic E-state index is 0.122. The predicted octanol–water partition coefficient (Wildman–Crippen LogP) is 3.63. The standard InChI is InChI=1S/C19H26O4/c1-15(20)12-17(21-13-16-8-4-2-5-9-16)18-14-22-19(23-18)10-6-3-7-11-19/h2,4-5,8-9,17-18H,3,6-7,10-14H2,1H3/t17?,18-/m1/s1. The summed E-state index contributed by atoms with van der Waals surface area (Å²) in [5.41, 5.74) is 1.10. The molecule has 1 spiro atoms. The van der Waals surface area contributed by atoms with Gasteiger partial charge in [-0.2, -0.15) is 0 Å². The summed E-state index contributed by atoms with van der Waals surface area (Å²) in [7, 11) is 0. The Labute approximate surface area is 138 Å². The van der Waals surface area contributed by atoms with Crippen LogP contribution in [0.4, 0.5) is 0 Å². The second-order valence-electron chi connectivity index (χ2n) is 6.68. The Kier molecular flexibility index (Phi) is 5.46. The quantitative estimate of drug-likeness (QED) is 0.803. The fourth-order valence-electron chi connectivity index (χ4n) is 3.47. The second-order valence-corrected chi connectivity index (χ2v) is 6.68. The molecule has 23 heavy (non-hydrogen) atoms. The lowest BCUT2D eigenvalue weighted by atomic mass is 9.94. The molecule has 0 N–H and O–H groups in total. The molecule has 0 aromatic heterocycles. The summed E-state index contributed by atoms with van der Waals surface area (Å²) in [5, 5.41) is 0. The van der Waals surface area contributed by atoms with Gasteiger partial charge in [0, 0.05) is 19.3 Å². The lowest BCUT2D eigenvalue weighted by Gasteiger charge is -2.32. The van der Waals surface area contributed by atoms with Gasteiger partial charge in [0.25, 0.3) is 0 Å². The van der Waals surface area contributed by atoms with Gasteiger partial charge in [-0.15, -0.1) is 0 Å². The summed E-state index contributed by atoms with van der Waals surface area (Å²) in [6, 6.07) is 10.0. The molecular weight excluding hydrogens is 292 g/mol. The number of ether oxygens (including phenoxy) is 3. The minimum atomic E-state index is -0.423. The summed E-state index contributed by atoms with van der Waals surface area (Å²) in [5.74, 6) is -0.301. The molecule has 2 aliphatic rings. The second kappa shape index (κ2) is 7.56. The van der Waals surface area contributed by atoms with Crippen LogP contribution in [0.2, 0.25) is 0 Å². The maximum absolute atomic E-state index is 11.6. The van der Waals surface area contributed by atoms with Crippen molar-refractivity contribution >= 4 is 5.78 Å². The third-order valence-electron chi connectivity index (χ3n) is 4.70. The number of ketones is 1. The summed E-state index contributed by atoms with van der Waals surface area (Å²) >= 11 is 0. The van der Waals surface area contributed by atoms with Crippen molar-refractivity contribution in [3.05, 3.63) is 35.9 Å². The van der Waals surface area contributed by atoms with E-state index in [-0.39, 0.29) is 18.0 Å². The molecule has 126 valence electrons. The molecule has 1 saturated heterocycles. The van der Waals surface area contributed by atoms with Crippen LogP contribution in [0.15, 0.2) is 30.3 Å². The molecule has 1 aliphatic carbocycles. The van der Waals surface area contributed by atoms with Crippen molar-refractivity contribution in [2.45, 2.75) is 70.1 Å². The van der Waals surface area contributed by atoms with Gasteiger partial charge in [0.15, 0.2) is 5.79 Å². The first-order valence-electron chi connectivity index (χ1n) is 8.64. The molecule has 1 aliphatic heterocycles. The number of rotatable bonds is 6. The molecule has 2 atom stereocenters. The summed E-state index contributed by atoms with van der Waals surface area (Å²) in [6.07, 6.45) is 5.43. The third-order valence-corrected chi connectivity index (χ3v) is 4.70. The van der Waals surface area contributed by atoms with Gasteiger partial charge in [-0.1, -0.05) is 36.8 Å². The van der Waals surface area contributed by atoms with Gasteiger partial charge in [-0.25, -0.2) is 0 Å². The van der Waals surface area contributed by atoms with Crippen molar-refractivity contribution in [2.75, 3.05) is 6.61 Å². The maximum atomic E-state index is 11.6. The van der Waals surface area contributed by atoms with Crippen LogP contribution in [0.5, 0.6) is 0 Å². The van der Waals surface area contributed by atoms with Gasteiger partial charge in [0.1, 0.15) is 11.9 Å². The van der Waals surface area contributed by atoms with E-state index in [1.165, 1.54) is 6.42 Å². The van der Waals surface area contributed by atoms with Crippen molar-refractivity contribution < 1.29 is 19.0 Å². The van der Waals surface area contributed by atoms with Gasteiger partial charge in [0.05, 0.1) is 19.3 Å². The Balaban J connectivity index is 1.61. The zero-order valence-corrected chi connectivity index (χ0v) is 13.8. The molecule has 2 fully saturated rings. The molecular formula is C19H26O4. The summed E-state index contributed by atoms with van der Waals surface area (Å²) < 4.78 is 18.3. The number of benzene rings is 1. The lowest BCUT2D eigenvalue weighted by molar-refractivity contribution is -0.199. The molecule has 1 unspecified atom stereocenters. The Bertz CT molecular complexity index is 507. The molecule has 1 aromatic carbocycles. The first kappa shape index (κ1) is 16.6. The highest BCUT2D eigenvalue weighted by molar-refractivity contribution is 5.76. The molecule has 1 aromatic rings. The number of carbonyl (C=O) groups is 1. The van der Waals surface area contributed by atoms with Crippen molar-refractivity contribution in [3.8, 4) is 0 Å². The van der Waals surface area contributed by atoms with Gasteiger partial charge in [-0.05, 0) is 25.3 Å². The molecule has 0 bridgehead atoms. The number of carbonyl (C=O) groups excluding carboxylic acids is 1. The average Bonchev–Trinajstić information content (AvgIpc) is 2.96. The number of hydrogen-bond donors (Lipinski definition) is 0. The maximum Gasteiger partial charge on any atom is 0.169 e. The topological polar surface area (TPSA) is 44.8 Å². The normalized spacial score (nSPS) is 24.7. The SMILES string of the molecule is CC(=O)CC(OCc1ccccc1)[C@H]1COC2(CCCCC2)O1. The van der Waals surface area contributed by atoms with Crippen LogP contribution in [0, 0.1) is 0 Å². The molecule has 4 heteroatoms. The molecule has 0 amide bonds. The van der Waals surface area contributed by atoms with E-state index < -0.39 is 5.79 Å². The molecule has 1 heterocycles. The lowest BCUT2D eigenvalue weighted by Crippen LogP contribution is -2.37. The highest BCUT2D eigenvalue weighted by Crippen LogP contribution is 2.39. The van der Waals surface area contributed by atoms with Crippen LogP contribution in [0.3, 0.4) is 0 Å². The molecule has 0 radical (unpaired) electrons. The monoisotopic (exact) mass is 318 g/mol. The van der Waals surface area contributed by atoms with Crippen LogP contribution in [0.25, 0.3) is 0 Å². The Hall–Kier alpha value is -1.23. The van der Waals surface area contributed by atoms with Crippen LogP contribution < -0.4 is 0 Å². The first-order valence-corrected chi connectivity index (χ1v) is 8.64. The van der Waals surface area contributed by atoms with Gasteiger partial charge >= 0.3 is 0 Å². The smallest absolute Gasteiger partial charge is 0.169 e. The first-order chi connectivity index (χ1) is 11.2. The summed E-state index contributed by atoms with van der Waals surface area (Å²) in [4.78, 5) is 11.6. The van der Waals surface area contributed by atoms with E-state index in [0.29, 0.717) is 19.6 Å². The van der Waals surface area contributed by atoms with E-state index in [2.05, 4.69) is 0 Å². The Morgan fingerprint density at radius 2 is 2.00 bits per heavy atom. The van der Waals surface area contributed by atoms with Crippen molar-refractivity contribution in [1.29, 1.82) is 0 Å². The third kappa shape index (κ3) is 4.40. The fraction of sp³-hybridized carbons (Fsp3) is 0.632. The van der Waals surface area contributed by atoms with E-state index in [4.69, 9.17) is 14.2 Å². The zero-order chi connectivity index (χ0) is 16.1. The Morgan fingerprint density at radius 3 is 2.70 bits per heavy atom. The molecule has 3 rings (SSSR count). The van der Waals surface area contributed by atoms with Crippen molar-refractivity contribution in [1.82, 2.24) is 0 Å². The van der Waals surface area contributed by atoms with E-state index in [1.54, 1.807) is 6.92 Å². The minimum Gasteiger partial charge on any atom is -0.370 e. The predicted molar refractivity (Wildman–Crippen MR) is 87.0 cm³/mol. The largest absolute Gasteiger partial charge is 0.370 e.